The Morgan fingerprint density at radius 1 is 1.17 bits per heavy atom. The van der Waals surface area contributed by atoms with E-state index in [-0.39, 0.29) is 5.91 Å². The molecule has 0 bridgehead atoms. The number of rotatable bonds is 5. The predicted octanol–water partition coefficient (Wildman–Crippen LogP) is 4.12. The molecule has 152 valence electrons. The second kappa shape index (κ2) is 7.79. The number of nitrogens with zero attached hydrogens (tertiary/aromatic N) is 2. The Bertz CT molecular complexity index is 1080. The van der Waals surface area contributed by atoms with E-state index in [1.165, 1.54) is 0 Å². The number of nitrogens with two attached hydrogens (primary N) is 1. The number of hydrogen-bond donors (Lipinski definition) is 2. The summed E-state index contributed by atoms with van der Waals surface area (Å²) in [5.74, 6) is 0.704. The van der Waals surface area contributed by atoms with Gasteiger partial charge in [0, 0.05) is 35.8 Å². The first-order chi connectivity index (χ1) is 14.4. The van der Waals surface area contributed by atoms with Gasteiger partial charge in [0.15, 0.2) is 0 Å². The van der Waals surface area contributed by atoms with Crippen molar-refractivity contribution in [2.45, 2.75) is 32.6 Å². The molecule has 2 aromatic carbocycles. The molecule has 3 N–H and O–H groups in total. The highest BCUT2D eigenvalue weighted by Crippen LogP contribution is 2.36. The minimum absolute atomic E-state index is 0.00857. The second-order valence-electron chi connectivity index (χ2n) is 8.40. The Kier molecular flexibility index (Phi) is 5.17. The molecule has 5 heteroatoms. The smallest absolute Gasteiger partial charge is 0.253 e. The van der Waals surface area contributed by atoms with Crippen molar-refractivity contribution in [3.8, 4) is 6.07 Å². The highest BCUT2D eigenvalue weighted by atomic mass is 16.2. The van der Waals surface area contributed by atoms with Crippen LogP contribution in [-0.4, -0.2) is 29.6 Å². The number of nitriles is 1. The Morgan fingerprint density at radius 3 is 2.43 bits per heavy atom. The van der Waals surface area contributed by atoms with Gasteiger partial charge in [-0.1, -0.05) is 18.2 Å². The fourth-order valence-electron chi connectivity index (χ4n) is 3.94. The minimum atomic E-state index is -0.00857. The first-order valence-corrected chi connectivity index (χ1v) is 10.3. The molecule has 0 radical (unpaired) electrons. The van der Waals surface area contributed by atoms with Crippen LogP contribution in [0.15, 0.2) is 53.7 Å². The van der Waals surface area contributed by atoms with Crippen molar-refractivity contribution in [2.24, 2.45) is 11.7 Å². The summed E-state index contributed by atoms with van der Waals surface area (Å²) in [6.45, 7) is 5.20. The zero-order valence-corrected chi connectivity index (χ0v) is 17.4. The molecule has 0 atom stereocenters. The van der Waals surface area contributed by atoms with Crippen LogP contribution in [0, 0.1) is 29.6 Å². The average molecular weight is 399 g/mol. The number of benzene rings is 2. The van der Waals surface area contributed by atoms with Gasteiger partial charge in [-0.25, -0.2) is 0 Å². The fourth-order valence-corrected chi connectivity index (χ4v) is 3.94. The maximum atomic E-state index is 13.0. The first kappa shape index (κ1) is 19.9. The van der Waals surface area contributed by atoms with E-state index in [1.54, 1.807) is 0 Å². The van der Waals surface area contributed by atoms with Gasteiger partial charge in [-0.2, -0.15) is 5.26 Å². The monoisotopic (exact) mass is 398 g/mol. The molecule has 1 saturated heterocycles. The van der Waals surface area contributed by atoms with Crippen LogP contribution in [0.3, 0.4) is 0 Å². The molecule has 1 saturated carbocycles. The van der Waals surface area contributed by atoms with Gasteiger partial charge in [0.2, 0.25) is 0 Å². The normalized spacial score (nSPS) is 17.0. The lowest BCUT2D eigenvalue weighted by atomic mass is 9.89. The summed E-state index contributed by atoms with van der Waals surface area (Å²) in [7, 11) is 0. The van der Waals surface area contributed by atoms with Crippen molar-refractivity contribution in [1.82, 2.24) is 4.90 Å². The zero-order valence-electron chi connectivity index (χ0n) is 17.4. The van der Waals surface area contributed by atoms with Gasteiger partial charge in [-0.3, -0.25) is 10.2 Å². The van der Waals surface area contributed by atoms with Crippen LogP contribution in [0.4, 0.5) is 0 Å². The molecule has 1 aliphatic carbocycles. The van der Waals surface area contributed by atoms with Gasteiger partial charge < -0.3 is 10.6 Å². The van der Waals surface area contributed by atoms with Crippen LogP contribution in [0.1, 0.15) is 58.3 Å². The third-order valence-corrected chi connectivity index (χ3v) is 6.26. The number of carbonyl (C=O) groups is 1. The quantitative estimate of drug-likeness (QED) is 0.742. The molecule has 2 fully saturated rings. The van der Waals surface area contributed by atoms with E-state index in [0.29, 0.717) is 41.8 Å². The van der Waals surface area contributed by atoms with Crippen LogP contribution in [0.2, 0.25) is 0 Å². The van der Waals surface area contributed by atoms with Crippen molar-refractivity contribution < 1.29 is 4.79 Å². The number of carbonyl (C=O) groups excluding carboxylic acids is 1. The number of allylic oxidation sites excluding steroid dienone is 2. The SMILES string of the molecule is C/C(C(=N)c1cc(C(=O)N2CC(c3ccc(C#N)cc3)C2)ccc1C)=C(/N)C1CC1. The Morgan fingerprint density at radius 2 is 1.83 bits per heavy atom. The van der Waals surface area contributed by atoms with Crippen molar-refractivity contribution in [1.29, 1.82) is 10.7 Å². The average Bonchev–Trinajstić information content (AvgIpc) is 3.57. The van der Waals surface area contributed by atoms with Crippen LogP contribution in [0.5, 0.6) is 0 Å². The van der Waals surface area contributed by atoms with Crippen molar-refractivity contribution in [2.75, 3.05) is 13.1 Å². The zero-order chi connectivity index (χ0) is 21.4. The standard InChI is InChI=1S/C25H26N4O/c1-15-3-6-20(11-22(15)24(28)16(2)23(27)19-9-10-19)25(30)29-13-21(14-29)18-7-4-17(12-26)5-8-18/h3-8,11,19,21,28H,9-10,13-14,27H2,1-2H3/b23-16-,28-24?. The van der Waals surface area contributed by atoms with E-state index in [4.69, 9.17) is 16.4 Å². The molecule has 0 unspecified atom stereocenters. The fraction of sp³-hybridized carbons (Fsp3) is 0.320. The number of amides is 1. The minimum Gasteiger partial charge on any atom is -0.402 e. The summed E-state index contributed by atoms with van der Waals surface area (Å²) < 4.78 is 0. The molecule has 0 aromatic heterocycles. The van der Waals surface area contributed by atoms with Crippen LogP contribution < -0.4 is 5.73 Å². The third kappa shape index (κ3) is 3.73. The van der Waals surface area contributed by atoms with Gasteiger partial charge in [-0.15, -0.1) is 0 Å². The molecule has 4 rings (SSSR count). The molecule has 30 heavy (non-hydrogen) atoms. The van der Waals surface area contributed by atoms with Crippen LogP contribution >= 0.6 is 0 Å². The number of nitrogens with one attached hydrogen (secondary N) is 1. The van der Waals surface area contributed by atoms with E-state index in [0.717, 1.165) is 40.8 Å². The lowest BCUT2D eigenvalue weighted by Crippen LogP contribution is -2.48. The number of hydrogen-bond acceptors (Lipinski definition) is 4. The summed E-state index contributed by atoms with van der Waals surface area (Å²) in [5, 5.41) is 17.6. The van der Waals surface area contributed by atoms with E-state index < -0.39 is 0 Å². The van der Waals surface area contributed by atoms with E-state index in [2.05, 4.69) is 6.07 Å². The molecule has 5 nitrogen and oxygen atoms in total. The van der Waals surface area contributed by atoms with Crippen LogP contribution in [-0.2, 0) is 0 Å². The largest absolute Gasteiger partial charge is 0.402 e. The van der Waals surface area contributed by atoms with Gasteiger partial charge in [0.05, 0.1) is 17.3 Å². The Labute approximate surface area is 177 Å². The molecule has 1 amide bonds. The summed E-state index contributed by atoms with van der Waals surface area (Å²) in [6.07, 6.45) is 2.20. The lowest BCUT2D eigenvalue weighted by Gasteiger charge is -2.39. The number of aryl methyl sites for hydroxylation is 1. The first-order valence-electron chi connectivity index (χ1n) is 10.3. The molecule has 2 aliphatic rings. The maximum Gasteiger partial charge on any atom is 0.253 e. The molecular formula is C25H26N4O. The van der Waals surface area contributed by atoms with E-state index in [9.17, 15) is 4.79 Å². The topological polar surface area (TPSA) is 94.0 Å². The molecule has 1 aliphatic heterocycles. The van der Waals surface area contributed by atoms with E-state index in [1.807, 2.05) is 61.2 Å². The lowest BCUT2D eigenvalue weighted by molar-refractivity contribution is 0.0602. The highest BCUT2D eigenvalue weighted by Gasteiger charge is 2.32. The summed E-state index contributed by atoms with van der Waals surface area (Å²) in [4.78, 5) is 14.8. The summed E-state index contributed by atoms with van der Waals surface area (Å²) in [5.41, 5.74) is 12.4. The summed E-state index contributed by atoms with van der Waals surface area (Å²) in [6, 6.07) is 15.3. The highest BCUT2D eigenvalue weighted by molar-refractivity contribution is 6.12. The Hall–Kier alpha value is -3.39. The molecular weight excluding hydrogens is 372 g/mol. The molecule has 2 aromatic rings. The number of likely N-dealkylation sites (tertiary alicyclic amines) is 1. The van der Waals surface area contributed by atoms with Crippen molar-refractivity contribution in [3.63, 3.8) is 0 Å². The molecule has 0 spiro atoms. The van der Waals surface area contributed by atoms with Crippen LogP contribution in [0.25, 0.3) is 0 Å². The van der Waals surface area contributed by atoms with Gasteiger partial charge >= 0.3 is 0 Å². The van der Waals surface area contributed by atoms with Crippen molar-refractivity contribution in [3.05, 3.63) is 81.6 Å². The predicted molar refractivity (Wildman–Crippen MR) is 117 cm³/mol. The maximum absolute atomic E-state index is 13.0. The molecule has 1 heterocycles. The van der Waals surface area contributed by atoms with Gasteiger partial charge in [0.25, 0.3) is 5.91 Å². The van der Waals surface area contributed by atoms with Gasteiger partial charge in [0.1, 0.15) is 0 Å². The third-order valence-electron chi connectivity index (χ3n) is 6.26. The van der Waals surface area contributed by atoms with Gasteiger partial charge in [-0.05, 0) is 73.6 Å². The Balaban J connectivity index is 1.47. The van der Waals surface area contributed by atoms with Crippen molar-refractivity contribution >= 4 is 11.6 Å². The second-order valence-corrected chi connectivity index (χ2v) is 8.40. The summed E-state index contributed by atoms with van der Waals surface area (Å²) >= 11 is 0. The van der Waals surface area contributed by atoms with E-state index >= 15 is 0 Å².